The van der Waals surface area contributed by atoms with E-state index in [1.165, 1.54) is 0 Å². The third-order valence-corrected chi connectivity index (χ3v) is 2.82. The third-order valence-electron chi connectivity index (χ3n) is 2.82. The predicted octanol–water partition coefficient (Wildman–Crippen LogP) is 0.0823. The molecule has 0 aliphatic heterocycles. The lowest BCUT2D eigenvalue weighted by molar-refractivity contribution is 1.05. The van der Waals surface area contributed by atoms with Gasteiger partial charge in [0.25, 0.3) is 0 Å². The van der Waals surface area contributed by atoms with E-state index in [0.29, 0.717) is 0 Å². The van der Waals surface area contributed by atoms with E-state index in [4.69, 9.17) is 0 Å². The van der Waals surface area contributed by atoms with Crippen LogP contribution in [0.15, 0.2) is 6.07 Å². The summed E-state index contributed by atoms with van der Waals surface area (Å²) in [5.74, 6) is 0. The molecule has 0 bridgehead atoms. The standard InChI is InChI=1S/C8HN7/c1-2-4(10-9-2)7-13-14-8-6-5(11-12-6)3(1)15(7)8/h1H. The van der Waals surface area contributed by atoms with Gasteiger partial charge in [0.1, 0.15) is 11.0 Å². The SMILES string of the molecule is c1c2nnc2c2nnc3c4nnc4c1n23. The fraction of sp³-hybridized carbons (Fsp3) is 0. The summed E-state index contributed by atoms with van der Waals surface area (Å²) < 4.78 is 1.93. The van der Waals surface area contributed by atoms with E-state index in [0.717, 1.165) is 38.9 Å². The number of hydrogen-bond acceptors (Lipinski definition) is 6. The number of fused-ring (bicyclic) bond motifs is 5. The Balaban J connectivity index is 2.36. The molecule has 0 saturated carbocycles. The molecule has 5 rings (SSSR count). The molecule has 7 heteroatoms. The largest absolute Gasteiger partial charge is 0.270 e. The molecule has 0 aliphatic carbocycles. The fourth-order valence-corrected chi connectivity index (χ4v) is 2.07. The van der Waals surface area contributed by atoms with Crippen LogP contribution >= 0.6 is 0 Å². The molecule has 0 aromatic carbocycles. The first-order valence-electron chi connectivity index (χ1n) is 4.44. The van der Waals surface area contributed by atoms with Crippen LogP contribution < -0.4 is 0 Å². The van der Waals surface area contributed by atoms with Gasteiger partial charge in [0.15, 0.2) is 22.3 Å². The minimum absolute atomic E-state index is 0.743. The van der Waals surface area contributed by atoms with Crippen molar-refractivity contribution in [3.63, 3.8) is 0 Å². The Hall–Kier alpha value is -2.44. The van der Waals surface area contributed by atoms with Crippen LogP contribution in [0.2, 0.25) is 0 Å². The Labute approximate surface area is 80.8 Å². The zero-order chi connectivity index (χ0) is 9.57. The third kappa shape index (κ3) is 0.448. The Kier molecular flexibility index (Phi) is 0.645. The van der Waals surface area contributed by atoms with Crippen molar-refractivity contribution in [2.45, 2.75) is 0 Å². The first kappa shape index (κ1) is 6.12. The van der Waals surface area contributed by atoms with Gasteiger partial charge in [-0.1, -0.05) is 0 Å². The fourth-order valence-electron chi connectivity index (χ4n) is 2.07. The molecule has 7 nitrogen and oxygen atoms in total. The average molecular weight is 195 g/mol. The Bertz CT molecular complexity index is 906. The van der Waals surface area contributed by atoms with Gasteiger partial charge < -0.3 is 0 Å². The smallest absolute Gasteiger partial charge is 0.191 e. The second-order valence-corrected chi connectivity index (χ2v) is 3.54. The highest BCUT2D eigenvalue weighted by molar-refractivity contribution is 6.09. The van der Waals surface area contributed by atoms with Crippen LogP contribution in [-0.4, -0.2) is 35.0 Å². The van der Waals surface area contributed by atoms with Crippen molar-refractivity contribution in [1.82, 2.24) is 35.0 Å². The summed E-state index contributed by atoms with van der Waals surface area (Å²) in [6, 6.07) is 1.95. The van der Waals surface area contributed by atoms with Crippen molar-refractivity contribution in [1.29, 1.82) is 0 Å². The van der Waals surface area contributed by atoms with Crippen molar-refractivity contribution < 1.29 is 0 Å². The molecule has 0 unspecified atom stereocenters. The highest BCUT2D eigenvalue weighted by Crippen LogP contribution is 2.30. The molecule has 0 radical (unpaired) electrons. The topological polar surface area (TPSA) is 81.8 Å². The van der Waals surface area contributed by atoms with Crippen molar-refractivity contribution in [3.05, 3.63) is 6.07 Å². The second-order valence-electron chi connectivity index (χ2n) is 3.54. The van der Waals surface area contributed by atoms with Crippen LogP contribution in [0.25, 0.3) is 38.9 Å². The summed E-state index contributed by atoms with van der Waals surface area (Å²) in [5, 5.41) is 24.0. The van der Waals surface area contributed by atoms with Crippen molar-refractivity contribution in [3.8, 4) is 0 Å². The Morgan fingerprint density at radius 3 is 2.13 bits per heavy atom. The lowest BCUT2D eigenvalue weighted by Crippen LogP contribution is -1.96. The van der Waals surface area contributed by atoms with Gasteiger partial charge in [-0.2, -0.15) is 0 Å². The van der Waals surface area contributed by atoms with E-state index < -0.39 is 0 Å². The van der Waals surface area contributed by atoms with Crippen molar-refractivity contribution >= 4 is 38.9 Å². The summed E-state index contributed by atoms with van der Waals surface area (Å²) in [5.41, 5.74) is 5.83. The maximum absolute atomic E-state index is 4.08. The van der Waals surface area contributed by atoms with Crippen molar-refractivity contribution in [2.24, 2.45) is 0 Å². The number of aromatic nitrogens is 7. The van der Waals surface area contributed by atoms with Crippen LogP contribution in [0.1, 0.15) is 0 Å². The van der Waals surface area contributed by atoms with Gasteiger partial charge in [-0.05, 0) is 6.07 Å². The summed E-state index contributed by atoms with van der Waals surface area (Å²) in [4.78, 5) is 0. The van der Waals surface area contributed by atoms with E-state index in [1.54, 1.807) is 0 Å². The monoisotopic (exact) mass is 195 g/mol. The molecule has 0 atom stereocenters. The number of hydrogen-bond donors (Lipinski definition) is 0. The average Bonchev–Trinajstić information content (AvgIpc) is 2.59. The molecule has 5 heterocycles. The lowest BCUT2D eigenvalue weighted by Gasteiger charge is -2.00. The first-order valence-corrected chi connectivity index (χ1v) is 4.44. The number of nitrogens with zero attached hydrogens (tertiary/aromatic N) is 7. The maximum Gasteiger partial charge on any atom is 0.191 e. The highest BCUT2D eigenvalue weighted by Gasteiger charge is 2.22. The van der Waals surface area contributed by atoms with E-state index >= 15 is 0 Å². The Morgan fingerprint density at radius 2 is 1.47 bits per heavy atom. The normalized spacial score (nSPS) is 13.3. The molecule has 68 valence electrons. The van der Waals surface area contributed by atoms with E-state index in [9.17, 15) is 0 Å². The summed E-state index contributed by atoms with van der Waals surface area (Å²) in [6.07, 6.45) is 0. The van der Waals surface area contributed by atoms with Gasteiger partial charge in [-0.3, -0.25) is 4.40 Å². The van der Waals surface area contributed by atoms with E-state index in [-0.39, 0.29) is 0 Å². The molecule has 5 aromatic heterocycles. The molecule has 15 heavy (non-hydrogen) atoms. The van der Waals surface area contributed by atoms with Crippen LogP contribution in [0.5, 0.6) is 0 Å². The molecule has 0 amide bonds. The summed E-state index contributed by atoms with van der Waals surface area (Å²) in [7, 11) is 0. The maximum atomic E-state index is 4.08. The quantitative estimate of drug-likeness (QED) is 0.348. The molecule has 0 fully saturated rings. The van der Waals surface area contributed by atoms with E-state index in [1.807, 2.05) is 10.5 Å². The molecule has 0 aliphatic rings. The first-order chi connectivity index (χ1) is 7.43. The van der Waals surface area contributed by atoms with Gasteiger partial charge in [-0.15, -0.1) is 30.6 Å². The van der Waals surface area contributed by atoms with Gasteiger partial charge >= 0.3 is 0 Å². The molecule has 0 saturated heterocycles. The predicted molar refractivity (Wildman–Crippen MR) is 50.2 cm³/mol. The van der Waals surface area contributed by atoms with E-state index in [2.05, 4.69) is 30.6 Å². The van der Waals surface area contributed by atoms with Crippen LogP contribution in [0.4, 0.5) is 0 Å². The molecular formula is C8HN7. The zero-order valence-electron chi connectivity index (χ0n) is 7.21. The Morgan fingerprint density at radius 1 is 0.733 bits per heavy atom. The minimum atomic E-state index is 0.743. The molecular weight excluding hydrogens is 194 g/mol. The van der Waals surface area contributed by atoms with Crippen LogP contribution in [0.3, 0.4) is 0 Å². The zero-order valence-corrected chi connectivity index (χ0v) is 7.21. The summed E-state index contributed by atoms with van der Waals surface area (Å²) >= 11 is 0. The van der Waals surface area contributed by atoms with Crippen LogP contribution in [0, 0.1) is 0 Å². The number of pyridine rings is 1. The van der Waals surface area contributed by atoms with Gasteiger partial charge in [0.05, 0.1) is 5.52 Å². The molecule has 5 aromatic rings. The molecule has 0 spiro atoms. The second kappa shape index (κ2) is 1.58. The number of rotatable bonds is 0. The lowest BCUT2D eigenvalue weighted by atomic mass is 10.3. The summed E-state index contributed by atoms with van der Waals surface area (Å²) in [6.45, 7) is 0. The minimum Gasteiger partial charge on any atom is -0.270 e. The van der Waals surface area contributed by atoms with Crippen molar-refractivity contribution in [2.75, 3.05) is 0 Å². The van der Waals surface area contributed by atoms with Crippen LogP contribution in [-0.2, 0) is 0 Å². The van der Waals surface area contributed by atoms with Gasteiger partial charge in [0.2, 0.25) is 0 Å². The van der Waals surface area contributed by atoms with Gasteiger partial charge in [0, 0.05) is 0 Å². The van der Waals surface area contributed by atoms with Gasteiger partial charge in [-0.25, -0.2) is 0 Å². The highest BCUT2D eigenvalue weighted by atomic mass is 15.3. The molecule has 0 N–H and O–H groups in total.